The molecule has 0 aromatic heterocycles. The molecule has 5 nitrogen and oxygen atoms in total. The summed E-state index contributed by atoms with van der Waals surface area (Å²) in [5.41, 5.74) is 0.454. The molecule has 0 saturated carbocycles. The molecule has 0 aliphatic carbocycles. The van der Waals surface area contributed by atoms with Gasteiger partial charge in [0.15, 0.2) is 0 Å². The SMILES string of the molecule is COCCOc1cccc(NS(=O)(=O)CCCl)c1. The van der Waals surface area contributed by atoms with Crippen molar-refractivity contribution in [2.24, 2.45) is 0 Å². The molecule has 1 rings (SSSR count). The number of hydrogen-bond donors (Lipinski definition) is 1. The maximum Gasteiger partial charge on any atom is 0.233 e. The van der Waals surface area contributed by atoms with Crippen LogP contribution in [0.1, 0.15) is 0 Å². The molecule has 1 aromatic rings. The van der Waals surface area contributed by atoms with Crippen molar-refractivity contribution < 1.29 is 17.9 Å². The minimum atomic E-state index is -3.39. The number of ether oxygens (including phenoxy) is 2. The van der Waals surface area contributed by atoms with Gasteiger partial charge in [0.05, 0.1) is 18.0 Å². The molecule has 0 radical (unpaired) electrons. The second-order valence-electron chi connectivity index (χ2n) is 3.48. The van der Waals surface area contributed by atoms with Gasteiger partial charge in [-0.2, -0.15) is 0 Å². The molecular weight excluding hydrogens is 278 g/mol. The Kier molecular flexibility index (Phi) is 6.24. The normalized spacial score (nSPS) is 11.2. The highest BCUT2D eigenvalue weighted by Crippen LogP contribution is 2.18. The molecule has 0 fully saturated rings. The summed E-state index contributed by atoms with van der Waals surface area (Å²) in [5.74, 6) is 0.515. The first-order chi connectivity index (χ1) is 8.57. The van der Waals surface area contributed by atoms with Gasteiger partial charge in [0.1, 0.15) is 12.4 Å². The van der Waals surface area contributed by atoms with Gasteiger partial charge in [-0.05, 0) is 12.1 Å². The monoisotopic (exact) mass is 293 g/mol. The number of sulfonamides is 1. The Hall–Kier alpha value is -0.980. The molecule has 0 spiro atoms. The van der Waals surface area contributed by atoms with Crippen LogP contribution < -0.4 is 9.46 Å². The van der Waals surface area contributed by atoms with Crippen molar-refractivity contribution in [3.8, 4) is 5.75 Å². The quantitative estimate of drug-likeness (QED) is 0.585. The van der Waals surface area contributed by atoms with E-state index in [-0.39, 0.29) is 11.6 Å². The fourth-order valence-electron chi connectivity index (χ4n) is 1.22. The van der Waals surface area contributed by atoms with Crippen LogP contribution in [0.3, 0.4) is 0 Å². The molecule has 102 valence electrons. The van der Waals surface area contributed by atoms with Crippen LogP contribution in [0.4, 0.5) is 5.69 Å². The van der Waals surface area contributed by atoms with Gasteiger partial charge < -0.3 is 9.47 Å². The standard InChI is InChI=1S/C11H16ClNO4S/c1-16-6-7-17-11-4-2-3-10(9-11)13-18(14,15)8-5-12/h2-4,9,13H,5-8H2,1H3. The number of methoxy groups -OCH3 is 1. The molecule has 1 N–H and O–H groups in total. The van der Waals surface area contributed by atoms with E-state index in [4.69, 9.17) is 21.1 Å². The van der Waals surface area contributed by atoms with E-state index in [1.165, 1.54) is 0 Å². The number of alkyl halides is 1. The largest absolute Gasteiger partial charge is 0.491 e. The van der Waals surface area contributed by atoms with E-state index in [2.05, 4.69) is 4.72 Å². The van der Waals surface area contributed by atoms with Crippen molar-refractivity contribution in [2.75, 3.05) is 36.7 Å². The van der Waals surface area contributed by atoms with Crippen molar-refractivity contribution in [1.29, 1.82) is 0 Å². The third-order valence-electron chi connectivity index (χ3n) is 2.01. The van der Waals surface area contributed by atoms with Crippen LogP contribution in [0.15, 0.2) is 24.3 Å². The lowest BCUT2D eigenvalue weighted by Crippen LogP contribution is -2.17. The lowest BCUT2D eigenvalue weighted by Gasteiger charge is -2.09. The predicted molar refractivity (Wildman–Crippen MR) is 71.9 cm³/mol. The minimum Gasteiger partial charge on any atom is -0.491 e. The summed E-state index contributed by atoms with van der Waals surface area (Å²) >= 11 is 5.41. The second kappa shape index (κ2) is 7.45. The van der Waals surface area contributed by atoms with E-state index in [0.29, 0.717) is 24.7 Å². The molecule has 0 amide bonds. The highest BCUT2D eigenvalue weighted by atomic mass is 35.5. The topological polar surface area (TPSA) is 64.6 Å². The zero-order chi connectivity index (χ0) is 13.4. The summed E-state index contributed by atoms with van der Waals surface area (Å²) < 4.78 is 35.7. The van der Waals surface area contributed by atoms with E-state index >= 15 is 0 Å². The molecule has 0 atom stereocenters. The number of anilines is 1. The van der Waals surface area contributed by atoms with Crippen molar-refractivity contribution in [2.45, 2.75) is 0 Å². The number of benzene rings is 1. The van der Waals surface area contributed by atoms with Gasteiger partial charge in [-0.25, -0.2) is 8.42 Å². The van der Waals surface area contributed by atoms with Gasteiger partial charge in [-0.1, -0.05) is 6.07 Å². The summed E-state index contributed by atoms with van der Waals surface area (Å²) in [5, 5.41) is 0. The van der Waals surface area contributed by atoms with Crippen LogP contribution in [0.5, 0.6) is 5.75 Å². The predicted octanol–water partition coefficient (Wildman–Crippen LogP) is 1.69. The Labute approximate surface area is 112 Å². The summed E-state index contributed by atoms with van der Waals surface area (Å²) in [7, 11) is -1.81. The third kappa shape index (κ3) is 5.57. The number of hydrogen-bond acceptors (Lipinski definition) is 4. The Morgan fingerprint density at radius 2 is 2.11 bits per heavy atom. The Morgan fingerprint density at radius 3 is 2.78 bits per heavy atom. The maximum atomic E-state index is 11.5. The van der Waals surface area contributed by atoms with Gasteiger partial charge in [0.2, 0.25) is 10.0 Å². The van der Waals surface area contributed by atoms with Gasteiger partial charge in [-0.15, -0.1) is 11.6 Å². The summed E-state index contributed by atoms with van der Waals surface area (Å²) in [6.07, 6.45) is 0. The van der Waals surface area contributed by atoms with Gasteiger partial charge in [0, 0.05) is 19.1 Å². The Balaban J connectivity index is 2.64. The average molecular weight is 294 g/mol. The van der Waals surface area contributed by atoms with Gasteiger partial charge in [0.25, 0.3) is 0 Å². The molecule has 0 bridgehead atoms. The maximum absolute atomic E-state index is 11.5. The first-order valence-electron chi connectivity index (χ1n) is 5.35. The molecule has 0 heterocycles. The number of halogens is 1. The lowest BCUT2D eigenvalue weighted by molar-refractivity contribution is 0.146. The van der Waals surface area contributed by atoms with Crippen molar-refractivity contribution in [1.82, 2.24) is 0 Å². The van der Waals surface area contributed by atoms with Gasteiger partial charge >= 0.3 is 0 Å². The van der Waals surface area contributed by atoms with Crippen LogP contribution in [0.25, 0.3) is 0 Å². The Bertz CT molecular complexity index is 464. The molecule has 0 unspecified atom stereocenters. The van der Waals surface area contributed by atoms with Crippen LogP contribution in [0.2, 0.25) is 0 Å². The van der Waals surface area contributed by atoms with E-state index in [9.17, 15) is 8.42 Å². The van der Waals surface area contributed by atoms with Gasteiger partial charge in [-0.3, -0.25) is 4.72 Å². The first-order valence-corrected chi connectivity index (χ1v) is 7.54. The van der Waals surface area contributed by atoms with E-state index in [1.807, 2.05) is 0 Å². The minimum absolute atomic E-state index is 0.0549. The Morgan fingerprint density at radius 1 is 1.33 bits per heavy atom. The van der Waals surface area contributed by atoms with Crippen LogP contribution >= 0.6 is 11.6 Å². The summed E-state index contributed by atoms with van der Waals surface area (Å²) in [6.45, 7) is 0.886. The third-order valence-corrected chi connectivity index (χ3v) is 3.71. The second-order valence-corrected chi connectivity index (χ2v) is 5.70. The zero-order valence-electron chi connectivity index (χ0n) is 10.1. The van der Waals surface area contributed by atoms with E-state index in [0.717, 1.165) is 0 Å². The number of rotatable bonds is 8. The smallest absolute Gasteiger partial charge is 0.233 e. The highest BCUT2D eigenvalue weighted by molar-refractivity contribution is 7.92. The molecular formula is C11H16ClNO4S. The van der Waals surface area contributed by atoms with Crippen LogP contribution in [-0.2, 0) is 14.8 Å². The molecule has 0 aliphatic heterocycles. The van der Waals surface area contributed by atoms with Crippen LogP contribution in [-0.4, -0.2) is 40.4 Å². The highest BCUT2D eigenvalue weighted by Gasteiger charge is 2.09. The summed E-state index contributed by atoms with van der Waals surface area (Å²) in [4.78, 5) is 0. The zero-order valence-corrected chi connectivity index (χ0v) is 11.6. The molecule has 0 aliphatic rings. The molecule has 0 saturated heterocycles. The van der Waals surface area contributed by atoms with Crippen molar-refractivity contribution in [3.63, 3.8) is 0 Å². The summed E-state index contributed by atoms with van der Waals surface area (Å²) in [6, 6.07) is 6.71. The molecule has 1 aromatic carbocycles. The fourth-order valence-corrected chi connectivity index (χ4v) is 2.63. The molecule has 18 heavy (non-hydrogen) atoms. The lowest BCUT2D eigenvalue weighted by atomic mass is 10.3. The van der Waals surface area contributed by atoms with Crippen LogP contribution in [0, 0.1) is 0 Å². The van der Waals surface area contributed by atoms with E-state index in [1.54, 1.807) is 31.4 Å². The van der Waals surface area contributed by atoms with Crippen molar-refractivity contribution >= 4 is 27.3 Å². The fraction of sp³-hybridized carbons (Fsp3) is 0.455. The van der Waals surface area contributed by atoms with Crippen molar-refractivity contribution in [3.05, 3.63) is 24.3 Å². The number of nitrogens with one attached hydrogen (secondary N) is 1. The first kappa shape index (κ1) is 15.1. The average Bonchev–Trinajstić information content (AvgIpc) is 2.29. The van der Waals surface area contributed by atoms with E-state index < -0.39 is 10.0 Å². The molecule has 7 heteroatoms.